The Morgan fingerprint density at radius 1 is 1.33 bits per heavy atom. The second-order valence-electron chi connectivity index (χ2n) is 4.77. The van der Waals surface area contributed by atoms with Crippen LogP contribution >= 0.6 is 0 Å². The van der Waals surface area contributed by atoms with Crippen molar-refractivity contribution in [2.24, 2.45) is 17.8 Å². The van der Waals surface area contributed by atoms with E-state index < -0.39 is 0 Å². The minimum atomic E-state index is -0.00116. The maximum atomic E-state index is 9.67. The first kappa shape index (κ1) is 10.0. The monoisotopic (exact) mass is 170 g/mol. The molecule has 1 rings (SSSR count). The number of hydrogen-bond donors (Lipinski definition) is 1. The molecule has 0 saturated heterocycles. The third kappa shape index (κ3) is 3.14. The van der Waals surface area contributed by atoms with Gasteiger partial charge in [0.15, 0.2) is 0 Å². The second kappa shape index (κ2) is 4.27. The minimum Gasteiger partial charge on any atom is -0.393 e. The summed E-state index contributed by atoms with van der Waals surface area (Å²) in [5.41, 5.74) is 0. The van der Waals surface area contributed by atoms with Crippen LogP contribution in [-0.2, 0) is 0 Å². The molecular weight excluding hydrogens is 148 g/mol. The zero-order chi connectivity index (χ0) is 9.14. The van der Waals surface area contributed by atoms with Gasteiger partial charge in [-0.1, -0.05) is 33.6 Å². The largest absolute Gasteiger partial charge is 0.393 e. The van der Waals surface area contributed by atoms with Gasteiger partial charge < -0.3 is 5.11 Å². The molecule has 0 aromatic rings. The lowest BCUT2D eigenvalue weighted by molar-refractivity contribution is 0.131. The van der Waals surface area contributed by atoms with Gasteiger partial charge in [-0.25, -0.2) is 0 Å². The van der Waals surface area contributed by atoms with E-state index in [9.17, 15) is 5.11 Å². The third-order valence-corrected chi connectivity index (χ3v) is 2.95. The van der Waals surface area contributed by atoms with Gasteiger partial charge in [-0.3, -0.25) is 0 Å². The average Bonchev–Trinajstić information content (AvgIpc) is 2.66. The third-order valence-electron chi connectivity index (χ3n) is 2.95. The smallest absolute Gasteiger partial charge is 0.0571 e. The Balaban J connectivity index is 1.99. The zero-order valence-electron chi connectivity index (χ0n) is 8.59. The van der Waals surface area contributed by atoms with Crippen LogP contribution in [0.15, 0.2) is 0 Å². The topological polar surface area (TPSA) is 20.2 Å². The van der Waals surface area contributed by atoms with Crippen molar-refractivity contribution >= 4 is 0 Å². The predicted molar refractivity (Wildman–Crippen MR) is 52.0 cm³/mol. The molecule has 0 aromatic heterocycles. The summed E-state index contributed by atoms with van der Waals surface area (Å²) >= 11 is 0. The van der Waals surface area contributed by atoms with Gasteiger partial charge in [0.2, 0.25) is 0 Å². The molecule has 1 saturated carbocycles. The SMILES string of the molecule is CC(C)CCCC(O)C1CC1C. The number of aliphatic hydroxyl groups is 1. The van der Waals surface area contributed by atoms with Crippen molar-refractivity contribution in [1.82, 2.24) is 0 Å². The molecule has 0 aromatic carbocycles. The summed E-state index contributed by atoms with van der Waals surface area (Å²) in [7, 11) is 0. The fraction of sp³-hybridized carbons (Fsp3) is 1.00. The van der Waals surface area contributed by atoms with Crippen LogP contribution in [0.3, 0.4) is 0 Å². The van der Waals surface area contributed by atoms with Crippen molar-refractivity contribution < 1.29 is 5.11 Å². The van der Waals surface area contributed by atoms with Crippen LogP contribution < -0.4 is 0 Å². The second-order valence-corrected chi connectivity index (χ2v) is 4.77. The van der Waals surface area contributed by atoms with Crippen molar-refractivity contribution in [3.8, 4) is 0 Å². The highest BCUT2D eigenvalue weighted by atomic mass is 16.3. The zero-order valence-corrected chi connectivity index (χ0v) is 8.59. The van der Waals surface area contributed by atoms with E-state index in [-0.39, 0.29) is 6.10 Å². The van der Waals surface area contributed by atoms with Crippen LogP contribution in [0.5, 0.6) is 0 Å². The van der Waals surface area contributed by atoms with Gasteiger partial charge >= 0.3 is 0 Å². The Labute approximate surface area is 76.2 Å². The van der Waals surface area contributed by atoms with Gasteiger partial charge in [0.05, 0.1) is 6.10 Å². The molecule has 1 aliphatic carbocycles. The molecular formula is C11H22O. The summed E-state index contributed by atoms with van der Waals surface area (Å²) in [5, 5.41) is 9.67. The fourth-order valence-electron chi connectivity index (χ4n) is 1.84. The van der Waals surface area contributed by atoms with E-state index in [2.05, 4.69) is 20.8 Å². The Hall–Kier alpha value is -0.0400. The van der Waals surface area contributed by atoms with Gasteiger partial charge in [0.25, 0.3) is 0 Å². The molecule has 0 aliphatic heterocycles. The van der Waals surface area contributed by atoms with Crippen LogP contribution in [0.2, 0.25) is 0 Å². The Kier molecular flexibility index (Phi) is 3.57. The molecule has 1 fully saturated rings. The molecule has 3 unspecified atom stereocenters. The molecule has 0 radical (unpaired) electrons. The summed E-state index contributed by atoms with van der Waals surface area (Å²) in [4.78, 5) is 0. The Morgan fingerprint density at radius 3 is 2.33 bits per heavy atom. The van der Waals surface area contributed by atoms with Gasteiger partial charge in [-0.05, 0) is 30.6 Å². The van der Waals surface area contributed by atoms with E-state index in [0.29, 0.717) is 5.92 Å². The van der Waals surface area contributed by atoms with Crippen LogP contribution in [0.1, 0.15) is 46.5 Å². The lowest BCUT2D eigenvalue weighted by Gasteiger charge is -2.10. The summed E-state index contributed by atoms with van der Waals surface area (Å²) in [6.07, 6.45) is 4.73. The number of hydrogen-bond acceptors (Lipinski definition) is 1. The highest BCUT2D eigenvalue weighted by Gasteiger charge is 2.37. The van der Waals surface area contributed by atoms with E-state index >= 15 is 0 Å². The number of rotatable bonds is 5. The molecule has 0 spiro atoms. The molecule has 0 bridgehead atoms. The van der Waals surface area contributed by atoms with E-state index in [1.807, 2.05) is 0 Å². The molecule has 0 heterocycles. The lowest BCUT2D eigenvalue weighted by atomic mass is 10.0. The quantitative estimate of drug-likeness (QED) is 0.672. The molecule has 72 valence electrons. The van der Waals surface area contributed by atoms with E-state index in [4.69, 9.17) is 0 Å². The average molecular weight is 170 g/mol. The van der Waals surface area contributed by atoms with Crippen LogP contribution in [0.25, 0.3) is 0 Å². The maximum absolute atomic E-state index is 9.67. The maximum Gasteiger partial charge on any atom is 0.0571 e. The van der Waals surface area contributed by atoms with Crippen LogP contribution in [-0.4, -0.2) is 11.2 Å². The molecule has 1 aliphatic rings. The van der Waals surface area contributed by atoms with Crippen molar-refractivity contribution in [3.05, 3.63) is 0 Å². The van der Waals surface area contributed by atoms with Crippen molar-refractivity contribution in [2.45, 2.75) is 52.6 Å². The Bertz CT molecular complexity index is 131. The van der Waals surface area contributed by atoms with Gasteiger partial charge in [0, 0.05) is 0 Å². The fourth-order valence-corrected chi connectivity index (χ4v) is 1.84. The van der Waals surface area contributed by atoms with Gasteiger partial charge in [-0.15, -0.1) is 0 Å². The Morgan fingerprint density at radius 2 is 1.92 bits per heavy atom. The summed E-state index contributed by atoms with van der Waals surface area (Å²) in [6, 6.07) is 0. The summed E-state index contributed by atoms with van der Waals surface area (Å²) in [6.45, 7) is 6.72. The first-order chi connectivity index (χ1) is 5.61. The van der Waals surface area contributed by atoms with E-state index in [1.165, 1.54) is 19.3 Å². The first-order valence-electron chi connectivity index (χ1n) is 5.29. The lowest BCUT2D eigenvalue weighted by Crippen LogP contribution is -2.10. The van der Waals surface area contributed by atoms with Crippen LogP contribution in [0.4, 0.5) is 0 Å². The summed E-state index contributed by atoms with van der Waals surface area (Å²) < 4.78 is 0. The predicted octanol–water partition coefficient (Wildman–Crippen LogP) is 2.83. The van der Waals surface area contributed by atoms with Gasteiger partial charge in [0.1, 0.15) is 0 Å². The highest BCUT2D eigenvalue weighted by Crippen LogP contribution is 2.41. The standard InChI is InChI=1S/C11H22O/c1-8(2)5-4-6-11(12)10-7-9(10)3/h8-12H,4-7H2,1-3H3. The van der Waals surface area contributed by atoms with Gasteiger partial charge in [-0.2, -0.15) is 0 Å². The molecule has 12 heavy (non-hydrogen) atoms. The molecule has 3 atom stereocenters. The minimum absolute atomic E-state index is 0.00116. The molecule has 1 heteroatoms. The summed E-state index contributed by atoms with van der Waals surface area (Å²) in [5.74, 6) is 2.21. The van der Waals surface area contributed by atoms with Crippen molar-refractivity contribution in [1.29, 1.82) is 0 Å². The van der Waals surface area contributed by atoms with E-state index in [1.54, 1.807) is 0 Å². The highest BCUT2D eigenvalue weighted by molar-refractivity contribution is 4.87. The van der Waals surface area contributed by atoms with Crippen molar-refractivity contribution in [2.75, 3.05) is 0 Å². The number of aliphatic hydroxyl groups excluding tert-OH is 1. The molecule has 0 amide bonds. The molecule has 1 nitrogen and oxygen atoms in total. The first-order valence-corrected chi connectivity index (χ1v) is 5.29. The van der Waals surface area contributed by atoms with E-state index in [0.717, 1.165) is 18.3 Å². The molecule has 1 N–H and O–H groups in total. The van der Waals surface area contributed by atoms with Crippen molar-refractivity contribution in [3.63, 3.8) is 0 Å². The van der Waals surface area contributed by atoms with Crippen LogP contribution in [0, 0.1) is 17.8 Å². The normalized spacial score (nSPS) is 30.8.